The summed E-state index contributed by atoms with van der Waals surface area (Å²) < 4.78 is 15.2. The van der Waals surface area contributed by atoms with Gasteiger partial charge in [0.05, 0.1) is 11.4 Å². The van der Waals surface area contributed by atoms with Crippen molar-refractivity contribution in [1.82, 2.24) is 25.4 Å². The number of carbonyl (C=O) groups excluding carboxylic acids is 2. The van der Waals surface area contributed by atoms with Crippen molar-refractivity contribution in [2.75, 3.05) is 18.4 Å². The number of H-pyrrole nitrogens is 1. The van der Waals surface area contributed by atoms with Crippen LogP contribution in [0.3, 0.4) is 0 Å². The first-order valence-corrected chi connectivity index (χ1v) is 12.8. The molecule has 1 aliphatic heterocycles. The predicted molar refractivity (Wildman–Crippen MR) is 150 cm³/mol. The van der Waals surface area contributed by atoms with Crippen molar-refractivity contribution in [3.63, 3.8) is 0 Å². The monoisotopic (exact) mass is 526 g/mol. The Morgan fingerprint density at radius 2 is 1.90 bits per heavy atom. The summed E-state index contributed by atoms with van der Waals surface area (Å²) in [5.74, 6) is -0.185. The molecule has 0 saturated carbocycles. The Balaban J connectivity index is 1.30. The van der Waals surface area contributed by atoms with Crippen LogP contribution in [-0.4, -0.2) is 51.0 Å². The molecule has 0 spiro atoms. The standard InChI is InChI=1S/C30H31FN6O2/c1-5-25(38)37-16-22(17-37)34-28-26-23(12-13-32-27(26)35-36-28)19-6-7-20(24(31)14-19)15-33-29(39)18-8-10-21(11-9-18)30(2,3)4/h5-14,22H,1,15-17H2,2-4H3,(H,33,39)(H2,32,34,35,36). The van der Waals surface area contributed by atoms with Gasteiger partial charge in [0.15, 0.2) is 11.5 Å². The number of nitrogens with zero attached hydrogens (tertiary/aromatic N) is 3. The van der Waals surface area contributed by atoms with E-state index in [2.05, 4.69) is 53.2 Å². The molecular formula is C30H31FN6O2. The molecule has 1 fully saturated rings. The molecule has 0 unspecified atom stereocenters. The number of nitrogens with one attached hydrogen (secondary N) is 3. The quantitative estimate of drug-likeness (QED) is 0.300. The van der Waals surface area contributed by atoms with Gasteiger partial charge >= 0.3 is 0 Å². The summed E-state index contributed by atoms with van der Waals surface area (Å²) in [6.45, 7) is 11.0. The zero-order valence-corrected chi connectivity index (χ0v) is 22.2. The normalized spacial score (nSPS) is 13.7. The van der Waals surface area contributed by atoms with E-state index in [9.17, 15) is 9.59 Å². The van der Waals surface area contributed by atoms with Gasteiger partial charge in [-0.05, 0) is 52.4 Å². The molecule has 3 heterocycles. The average molecular weight is 527 g/mol. The van der Waals surface area contributed by atoms with Crippen molar-refractivity contribution in [2.24, 2.45) is 0 Å². The lowest BCUT2D eigenvalue weighted by Gasteiger charge is -2.39. The Bertz CT molecular complexity index is 1550. The number of hydrogen-bond donors (Lipinski definition) is 3. The van der Waals surface area contributed by atoms with Gasteiger partial charge in [-0.15, -0.1) is 0 Å². The summed E-state index contributed by atoms with van der Waals surface area (Å²) in [5.41, 5.74) is 4.05. The summed E-state index contributed by atoms with van der Waals surface area (Å²) in [7, 11) is 0. The van der Waals surface area contributed by atoms with Crippen molar-refractivity contribution in [2.45, 2.75) is 38.8 Å². The van der Waals surface area contributed by atoms with Crippen LogP contribution in [0.4, 0.5) is 10.2 Å². The van der Waals surface area contributed by atoms with Gasteiger partial charge in [0.25, 0.3) is 5.91 Å². The molecule has 2 amide bonds. The van der Waals surface area contributed by atoms with E-state index >= 15 is 4.39 Å². The second-order valence-corrected chi connectivity index (χ2v) is 10.8. The topological polar surface area (TPSA) is 103 Å². The predicted octanol–water partition coefficient (Wildman–Crippen LogP) is 4.80. The van der Waals surface area contributed by atoms with Gasteiger partial charge < -0.3 is 15.5 Å². The van der Waals surface area contributed by atoms with Gasteiger partial charge in [-0.3, -0.25) is 14.7 Å². The fourth-order valence-corrected chi connectivity index (χ4v) is 4.63. The summed E-state index contributed by atoms with van der Waals surface area (Å²) in [5, 5.41) is 14.2. The van der Waals surface area contributed by atoms with Crippen molar-refractivity contribution in [3.05, 3.63) is 89.9 Å². The van der Waals surface area contributed by atoms with E-state index in [1.807, 2.05) is 24.3 Å². The highest BCUT2D eigenvalue weighted by molar-refractivity contribution is 6.00. The molecule has 200 valence electrons. The smallest absolute Gasteiger partial charge is 0.251 e. The number of hydrogen-bond acceptors (Lipinski definition) is 5. The number of pyridine rings is 1. The van der Waals surface area contributed by atoms with Crippen molar-refractivity contribution < 1.29 is 14.0 Å². The first-order valence-electron chi connectivity index (χ1n) is 12.8. The van der Waals surface area contributed by atoms with Crippen molar-refractivity contribution in [3.8, 4) is 11.1 Å². The van der Waals surface area contributed by atoms with Gasteiger partial charge in [0, 0.05) is 37.0 Å². The largest absolute Gasteiger partial charge is 0.362 e. The number of aromatic amines is 1. The Labute approximate surface area is 226 Å². The molecule has 0 atom stereocenters. The number of anilines is 1. The first kappa shape index (κ1) is 26.1. The Hall–Kier alpha value is -4.53. The number of aromatic nitrogens is 3. The molecule has 1 aliphatic rings. The van der Waals surface area contributed by atoms with Gasteiger partial charge in [0.1, 0.15) is 5.82 Å². The van der Waals surface area contributed by atoms with E-state index in [0.717, 1.165) is 16.5 Å². The number of rotatable bonds is 7. The molecule has 0 radical (unpaired) electrons. The Morgan fingerprint density at radius 1 is 1.15 bits per heavy atom. The first-order chi connectivity index (χ1) is 18.6. The molecule has 2 aromatic heterocycles. The van der Waals surface area contributed by atoms with Crippen LogP contribution in [0, 0.1) is 5.82 Å². The van der Waals surface area contributed by atoms with E-state index in [1.54, 1.807) is 29.3 Å². The molecule has 0 bridgehead atoms. The highest BCUT2D eigenvalue weighted by atomic mass is 19.1. The van der Waals surface area contributed by atoms with E-state index in [-0.39, 0.29) is 29.8 Å². The highest BCUT2D eigenvalue weighted by Gasteiger charge is 2.30. The van der Waals surface area contributed by atoms with Gasteiger partial charge in [-0.1, -0.05) is 51.6 Å². The number of amides is 2. The van der Waals surface area contributed by atoms with Crippen LogP contribution in [0.2, 0.25) is 0 Å². The van der Waals surface area contributed by atoms with Gasteiger partial charge in [0.2, 0.25) is 5.91 Å². The molecule has 39 heavy (non-hydrogen) atoms. The third-order valence-corrected chi connectivity index (χ3v) is 6.99. The van der Waals surface area contributed by atoms with Gasteiger partial charge in [-0.2, -0.15) is 5.10 Å². The van der Waals surface area contributed by atoms with Crippen LogP contribution in [0.1, 0.15) is 42.3 Å². The van der Waals surface area contributed by atoms with Crippen LogP contribution in [0.15, 0.2) is 67.4 Å². The van der Waals surface area contributed by atoms with E-state index in [1.165, 1.54) is 12.1 Å². The van der Waals surface area contributed by atoms with Gasteiger partial charge in [-0.25, -0.2) is 9.37 Å². The van der Waals surface area contributed by atoms with Crippen LogP contribution in [0.5, 0.6) is 0 Å². The molecule has 8 nitrogen and oxygen atoms in total. The van der Waals surface area contributed by atoms with Crippen LogP contribution in [-0.2, 0) is 16.8 Å². The number of likely N-dealkylation sites (tertiary alicyclic amines) is 1. The number of fused-ring (bicyclic) bond motifs is 1. The minimum absolute atomic E-state index is 0.00217. The SMILES string of the molecule is C=CC(=O)N1CC(Nc2n[nH]c3nccc(-c4ccc(CNC(=O)c5ccc(C(C)(C)C)cc5)c(F)c4)c23)C1. The second kappa shape index (κ2) is 10.3. The lowest BCUT2D eigenvalue weighted by Crippen LogP contribution is -2.56. The maximum atomic E-state index is 15.2. The lowest BCUT2D eigenvalue weighted by atomic mass is 9.87. The molecule has 0 aliphatic carbocycles. The maximum absolute atomic E-state index is 15.2. The third-order valence-electron chi connectivity index (χ3n) is 6.99. The molecule has 1 saturated heterocycles. The van der Waals surface area contributed by atoms with Crippen molar-refractivity contribution >= 4 is 28.7 Å². The summed E-state index contributed by atoms with van der Waals surface area (Å²) in [6.07, 6.45) is 2.94. The maximum Gasteiger partial charge on any atom is 0.251 e. The number of halogens is 1. The molecule has 2 aromatic carbocycles. The molecule has 9 heteroatoms. The molecule has 3 N–H and O–H groups in total. The molecule has 4 aromatic rings. The van der Waals surface area contributed by atoms with Crippen LogP contribution >= 0.6 is 0 Å². The average Bonchev–Trinajstić information content (AvgIpc) is 3.31. The third kappa shape index (κ3) is 5.38. The molecular weight excluding hydrogens is 495 g/mol. The van der Waals surface area contributed by atoms with E-state index < -0.39 is 5.82 Å². The summed E-state index contributed by atoms with van der Waals surface area (Å²) in [6, 6.07) is 14.3. The highest BCUT2D eigenvalue weighted by Crippen LogP contribution is 2.33. The fourth-order valence-electron chi connectivity index (χ4n) is 4.63. The minimum atomic E-state index is -0.420. The molecule has 5 rings (SSSR count). The number of carbonyl (C=O) groups is 2. The van der Waals surface area contributed by atoms with E-state index in [0.29, 0.717) is 41.2 Å². The summed E-state index contributed by atoms with van der Waals surface area (Å²) >= 11 is 0. The number of benzene rings is 2. The van der Waals surface area contributed by atoms with E-state index in [4.69, 9.17) is 0 Å². The summed E-state index contributed by atoms with van der Waals surface area (Å²) in [4.78, 5) is 30.4. The fraction of sp³-hybridized carbons (Fsp3) is 0.267. The van der Waals surface area contributed by atoms with Crippen molar-refractivity contribution in [1.29, 1.82) is 0 Å². The van der Waals surface area contributed by atoms with Crippen LogP contribution in [0.25, 0.3) is 22.2 Å². The Kier molecular flexibility index (Phi) is 6.91. The minimum Gasteiger partial charge on any atom is -0.362 e. The zero-order valence-electron chi connectivity index (χ0n) is 22.2. The van der Waals surface area contributed by atoms with Crippen LogP contribution < -0.4 is 10.6 Å². The lowest BCUT2D eigenvalue weighted by molar-refractivity contribution is -0.129. The Morgan fingerprint density at radius 3 is 2.56 bits per heavy atom. The zero-order chi connectivity index (χ0) is 27.7. The second-order valence-electron chi connectivity index (χ2n) is 10.8.